The zero-order valence-corrected chi connectivity index (χ0v) is 20.0. The molecule has 0 aliphatic heterocycles. The van der Waals surface area contributed by atoms with Crippen molar-refractivity contribution in [3.63, 3.8) is 0 Å². The maximum atomic E-state index is 6.07. The second-order valence-electron chi connectivity index (χ2n) is 8.55. The Balaban J connectivity index is 0.00000141. The van der Waals surface area contributed by atoms with Crippen molar-refractivity contribution in [3.05, 3.63) is 54.0 Å². The smallest absolute Gasteiger partial charge is 0.145 e. The Morgan fingerprint density at radius 2 is 1.81 bits per heavy atom. The van der Waals surface area contributed by atoms with Crippen LogP contribution in [0.3, 0.4) is 0 Å². The monoisotopic (exact) mass is 436 g/mol. The third-order valence-corrected chi connectivity index (χ3v) is 6.31. The molecule has 0 amide bonds. The summed E-state index contributed by atoms with van der Waals surface area (Å²) >= 11 is 0. The number of rotatable bonds is 10. The number of aromatic nitrogens is 3. The standard InChI is InChI=1S/C24H34N6.C2H6/c1-18-16-30(24-22(18)23(25)28-17-29-24)21-9-8-20(14-21)15-27-12-5-11-26-13-10-19-6-3-2-4-7-19;1-2/h2-4,6-7,16-17,20-21,26-27H,5,8-15H2,1H3,(H2,25,28,29);1-2H3. The molecule has 4 rings (SSSR count). The molecular weight excluding hydrogens is 396 g/mol. The molecule has 0 bridgehead atoms. The van der Waals surface area contributed by atoms with Crippen LogP contribution in [-0.4, -0.2) is 40.7 Å². The van der Waals surface area contributed by atoms with Gasteiger partial charge in [0.05, 0.1) is 5.39 Å². The lowest BCUT2D eigenvalue weighted by molar-refractivity contribution is 0.452. The van der Waals surface area contributed by atoms with Crippen molar-refractivity contribution >= 4 is 16.9 Å². The van der Waals surface area contributed by atoms with Gasteiger partial charge in [-0.1, -0.05) is 44.2 Å². The van der Waals surface area contributed by atoms with E-state index in [0.717, 1.165) is 49.6 Å². The fraction of sp³-hybridized carbons (Fsp3) is 0.538. The summed E-state index contributed by atoms with van der Waals surface area (Å²) in [4.78, 5) is 8.67. The number of hydrogen-bond donors (Lipinski definition) is 3. The normalized spacial score (nSPS) is 18.0. The number of fused-ring (bicyclic) bond motifs is 1. The number of nitrogens with two attached hydrogens (primary N) is 1. The van der Waals surface area contributed by atoms with E-state index in [1.165, 1.54) is 36.8 Å². The van der Waals surface area contributed by atoms with Crippen molar-refractivity contribution < 1.29 is 0 Å². The van der Waals surface area contributed by atoms with Crippen LogP contribution in [0.15, 0.2) is 42.9 Å². The topological polar surface area (TPSA) is 80.8 Å². The molecule has 0 saturated heterocycles. The van der Waals surface area contributed by atoms with Gasteiger partial charge in [0.1, 0.15) is 17.8 Å². The third-order valence-electron chi connectivity index (χ3n) is 6.31. The number of nitrogens with zero attached hydrogens (tertiary/aromatic N) is 3. The number of benzene rings is 1. The van der Waals surface area contributed by atoms with Crippen molar-refractivity contribution in [3.8, 4) is 0 Å². The first-order valence-corrected chi connectivity index (χ1v) is 12.3. The van der Waals surface area contributed by atoms with Crippen LogP contribution < -0.4 is 16.4 Å². The van der Waals surface area contributed by atoms with Gasteiger partial charge >= 0.3 is 0 Å². The quantitative estimate of drug-likeness (QED) is 0.408. The number of aryl methyl sites for hydroxylation is 1. The second-order valence-corrected chi connectivity index (χ2v) is 8.55. The first-order chi connectivity index (χ1) is 15.7. The number of nitrogen functional groups attached to an aromatic ring is 1. The molecule has 2 atom stereocenters. The van der Waals surface area contributed by atoms with E-state index in [9.17, 15) is 0 Å². The van der Waals surface area contributed by atoms with Crippen LogP contribution in [-0.2, 0) is 6.42 Å². The molecular formula is C26H40N6. The molecule has 6 nitrogen and oxygen atoms in total. The highest BCUT2D eigenvalue weighted by atomic mass is 15.1. The second kappa shape index (κ2) is 12.6. The zero-order valence-electron chi connectivity index (χ0n) is 20.0. The highest BCUT2D eigenvalue weighted by Crippen LogP contribution is 2.37. The molecule has 1 saturated carbocycles. The van der Waals surface area contributed by atoms with E-state index >= 15 is 0 Å². The minimum absolute atomic E-state index is 0.516. The maximum absolute atomic E-state index is 6.07. The van der Waals surface area contributed by atoms with Crippen LogP contribution in [0, 0.1) is 12.8 Å². The van der Waals surface area contributed by atoms with Crippen molar-refractivity contribution in [1.29, 1.82) is 0 Å². The molecule has 2 heterocycles. The lowest BCUT2D eigenvalue weighted by Gasteiger charge is -2.15. The van der Waals surface area contributed by atoms with Crippen LogP contribution in [0.1, 0.15) is 56.7 Å². The summed E-state index contributed by atoms with van der Waals surface area (Å²) in [7, 11) is 0. The van der Waals surface area contributed by atoms with Gasteiger partial charge in [-0.3, -0.25) is 0 Å². The Kier molecular flexibility index (Phi) is 9.50. The largest absolute Gasteiger partial charge is 0.383 e. The van der Waals surface area contributed by atoms with E-state index in [1.54, 1.807) is 6.33 Å². The molecule has 1 aliphatic carbocycles. The molecule has 2 unspecified atom stereocenters. The Morgan fingerprint density at radius 3 is 2.62 bits per heavy atom. The van der Waals surface area contributed by atoms with Gasteiger partial charge in [-0.05, 0) is 82.3 Å². The fourth-order valence-electron chi connectivity index (χ4n) is 4.71. The number of nitrogens with one attached hydrogen (secondary N) is 2. The van der Waals surface area contributed by atoms with Crippen LogP contribution in [0.4, 0.5) is 5.82 Å². The Hall–Kier alpha value is -2.44. The van der Waals surface area contributed by atoms with Gasteiger partial charge < -0.3 is 20.9 Å². The summed E-state index contributed by atoms with van der Waals surface area (Å²) in [6.45, 7) is 10.4. The van der Waals surface area contributed by atoms with Crippen molar-refractivity contribution in [2.24, 2.45) is 5.92 Å². The number of hydrogen-bond acceptors (Lipinski definition) is 5. The Labute approximate surface area is 193 Å². The average molecular weight is 437 g/mol. The van der Waals surface area contributed by atoms with Crippen molar-refractivity contribution in [1.82, 2.24) is 25.2 Å². The fourth-order valence-corrected chi connectivity index (χ4v) is 4.71. The van der Waals surface area contributed by atoms with Crippen LogP contribution in [0.25, 0.3) is 11.0 Å². The predicted molar refractivity (Wildman–Crippen MR) is 135 cm³/mol. The van der Waals surface area contributed by atoms with Gasteiger partial charge in [0.2, 0.25) is 0 Å². The summed E-state index contributed by atoms with van der Waals surface area (Å²) in [6, 6.07) is 11.2. The lowest BCUT2D eigenvalue weighted by Crippen LogP contribution is -2.26. The Bertz CT molecular complexity index is 936. The predicted octanol–water partition coefficient (Wildman–Crippen LogP) is 4.50. The van der Waals surface area contributed by atoms with E-state index in [2.05, 4.69) is 68.6 Å². The molecule has 3 aromatic rings. The molecule has 1 aromatic carbocycles. The minimum atomic E-state index is 0.516. The van der Waals surface area contributed by atoms with Gasteiger partial charge in [-0.15, -0.1) is 0 Å². The molecule has 32 heavy (non-hydrogen) atoms. The zero-order chi connectivity index (χ0) is 22.8. The van der Waals surface area contributed by atoms with Gasteiger partial charge in [-0.25, -0.2) is 9.97 Å². The third kappa shape index (κ3) is 6.30. The van der Waals surface area contributed by atoms with E-state index in [0.29, 0.717) is 11.9 Å². The van der Waals surface area contributed by atoms with E-state index in [-0.39, 0.29) is 0 Å². The first kappa shape index (κ1) is 24.2. The van der Waals surface area contributed by atoms with Crippen molar-refractivity contribution in [2.75, 3.05) is 31.9 Å². The van der Waals surface area contributed by atoms with Crippen LogP contribution in [0.5, 0.6) is 0 Å². The summed E-state index contributed by atoms with van der Waals surface area (Å²) < 4.78 is 2.33. The minimum Gasteiger partial charge on any atom is -0.383 e. The SMILES string of the molecule is CC.Cc1cn(C2CCC(CNCCCNCCc3ccccc3)C2)c2ncnc(N)c12. The first-order valence-electron chi connectivity index (χ1n) is 12.3. The molecule has 0 spiro atoms. The summed E-state index contributed by atoms with van der Waals surface area (Å²) in [5.41, 5.74) is 9.63. The summed E-state index contributed by atoms with van der Waals surface area (Å²) in [5.74, 6) is 1.32. The molecule has 1 aliphatic rings. The number of anilines is 1. The molecule has 0 radical (unpaired) electrons. The average Bonchev–Trinajstić information content (AvgIpc) is 3.42. The van der Waals surface area contributed by atoms with Gasteiger partial charge in [0, 0.05) is 12.2 Å². The van der Waals surface area contributed by atoms with E-state index in [1.807, 2.05) is 13.8 Å². The summed E-state index contributed by atoms with van der Waals surface area (Å²) in [6.07, 6.45) is 9.74. The maximum Gasteiger partial charge on any atom is 0.145 e. The Morgan fingerprint density at radius 1 is 1.03 bits per heavy atom. The van der Waals surface area contributed by atoms with Gasteiger partial charge in [0.15, 0.2) is 0 Å². The van der Waals surface area contributed by atoms with Gasteiger partial charge in [0.25, 0.3) is 0 Å². The van der Waals surface area contributed by atoms with Crippen molar-refractivity contribution in [2.45, 2.75) is 58.9 Å². The molecule has 6 heteroatoms. The molecule has 2 aromatic heterocycles. The van der Waals surface area contributed by atoms with Crippen LogP contribution >= 0.6 is 0 Å². The molecule has 174 valence electrons. The lowest BCUT2D eigenvalue weighted by atomic mass is 10.1. The molecule has 1 fully saturated rings. The summed E-state index contributed by atoms with van der Waals surface area (Å²) in [5, 5.41) is 8.23. The van der Waals surface area contributed by atoms with E-state index in [4.69, 9.17) is 5.73 Å². The van der Waals surface area contributed by atoms with E-state index < -0.39 is 0 Å². The highest BCUT2D eigenvalue weighted by Gasteiger charge is 2.27. The highest BCUT2D eigenvalue weighted by molar-refractivity contribution is 5.89. The van der Waals surface area contributed by atoms with Crippen LogP contribution in [0.2, 0.25) is 0 Å². The molecule has 4 N–H and O–H groups in total. The van der Waals surface area contributed by atoms with Gasteiger partial charge in [-0.2, -0.15) is 0 Å².